The smallest absolute Gasteiger partial charge is 0.308 e. The fraction of sp³-hybridized carbons (Fsp3) is 0.935. The largest absolute Gasteiger partial charge is 0.465 e. The number of hydrogen-bond acceptors (Lipinski definition) is 4. The molecule has 4 heteroatoms. The summed E-state index contributed by atoms with van der Waals surface area (Å²) >= 11 is 0. The van der Waals surface area contributed by atoms with Gasteiger partial charge >= 0.3 is 11.9 Å². The molecule has 0 aliphatic heterocycles. The molecule has 1 aliphatic rings. The van der Waals surface area contributed by atoms with Crippen LogP contribution >= 0.6 is 0 Å². The number of unbranched alkanes of at least 4 members (excludes halogenated alkanes) is 17. The van der Waals surface area contributed by atoms with Gasteiger partial charge in [0.25, 0.3) is 0 Å². The lowest BCUT2D eigenvalue weighted by Crippen LogP contribution is -2.28. The Morgan fingerprint density at radius 3 is 1.00 bits per heavy atom. The van der Waals surface area contributed by atoms with Crippen LogP contribution in [0, 0.1) is 11.8 Å². The summed E-state index contributed by atoms with van der Waals surface area (Å²) in [6, 6.07) is 0. The summed E-state index contributed by atoms with van der Waals surface area (Å²) in [5, 5.41) is 0. The highest BCUT2D eigenvalue weighted by atomic mass is 16.5. The zero-order valence-corrected chi connectivity index (χ0v) is 23.5. The van der Waals surface area contributed by atoms with Gasteiger partial charge in [-0.1, -0.05) is 123 Å². The molecule has 0 aromatic rings. The van der Waals surface area contributed by atoms with Crippen molar-refractivity contribution in [3.8, 4) is 0 Å². The lowest BCUT2D eigenvalue weighted by Gasteiger charge is -2.26. The Morgan fingerprint density at radius 2 is 0.714 bits per heavy atom. The predicted octanol–water partition coefficient (Wildman–Crippen LogP) is 9.33. The number of carbonyl (C=O) groups is 2. The molecule has 1 saturated carbocycles. The summed E-state index contributed by atoms with van der Waals surface area (Å²) in [7, 11) is 0. The van der Waals surface area contributed by atoms with Crippen molar-refractivity contribution in [2.75, 3.05) is 13.2 Å². The lowest BCUT2D eigenvalue weighted by atomic mass is 9.82. The summed E-state index contributed by atoms with van der Waals surface area (Å²) in [5.41, 5.74) is 0. The van der Waals surface area contributed by atoms with Gasteiger partial charge in [0.05, 0.1) is 25.0 Å². The van der Waals surface area contributed by atoms with Crippen molar-refractivity contribution in [2.45, 2.75) is 162 Å². The molecule has 206 valence electrons. The third-order valence-electron chi connectivity index (χ3n) is 7.63. The monoisotopic (exact) mass is 494 g/mol. The number of hydrogen-bond donors (Lipinski definition) is 0. The van der Waals surface area contributed by atoms with Crippen molar-refractivity contribution >= 4 is 11.9 Å². The van der Waals surface area contributed by atoms with Gasteiger partial charge in [-0.05, 0) is 38.5 Å². The average Bonchev–Trinajstić information content (AvgIpc) is 2.88. The quantitative estimate of drug-likeness (QED) is 0.105. The van der Waals surface area contributed by atoms with Crippen LogP contribution in [0.5, 0.6) is 0 Å². The van der Waals surface area contributed by atoms with Gasteiger partial charge in [0, 0.05) is 0 Å². The summed E-state index contributed by atoms with van der Waals surface area (Å²) < 4.78 is 11.1. The summed E-state index contributed by atoms with van der Waals surface area (Å²) in [6.45, 7) is 5.61. The van der Waals surface area contributed by atoms with E-state index in [0.29, 0.717) is 13.2 Å². The second-order valence-electron chi connectivity index (χ2n) is 10.9. The zero-order chi connectivity index (χ0) is 25.4. The van der Waals surface area contributed by atoms with Crippen LogP contribution in [0.2, 0.25) is 0 Å². The predicted molar refractivity (Wildman–Crippen MR) is 146 cm³/mol. The molecule has 0 saturated heterocycles. The van der Waals surface area contributed by atoms with Gasteiger partial charge in [0.1, 0.15) is 0 Å². The van der Waals surface area contributed by atoms with Crippen molar-refractivity contribution in [1.29, 1.82) is 0 Å². The Bertz CT molecular complexity index is 496. The molecule has 0 unspecified atom stereocenters. The van der Waals surface area contributed by atoms with Crippen LogP contribution in [0.25, 0.3) is 0 Å². The van der Waals surface area contributed by atoms with E-state index < -0.39 is 0 Å². The molecule has 0 N–H and O–H groups in total. The minimum atomic E-state index is -0.0549. The third kappa shape index (κ3) is 17.9. The fourth-order valence-electron chi connectivity index (χ4n) is 5.15. The van der Waals surface area contributed by atoms with Gasteiger partial charge in [-0.15, -0.1) is 0 Å². The summed E-state index contributed by atoms with van der Waals surface area (Å²) in [4.78, 5) is 24.7. The standard InChI is InChI=1S/C31H58O4/c1-3-5-7-9-11-13-14-15-17-19-21-27-35-31(33)29-24-22-28(23-25-29)30(32)34-26-20-18-16-12-10-8-6-4-2/h28-29H,3-27H2,1-2H3. The second kappa shape index (κ2) is 23.3. The molecule has 4 nitrogen and oxygen atoms in total. The maximum Gasteiger partial charge on any atom is 0.308 e. The van der Waals surface area contributed by atoms with Crippen LogP contribution in [-0.4, -0.2) is 25.2 Å². The van der Waals surface area contributed by atoms with Crippen LogP contribution in [0.3, 0.4) is 0 Å². The molecular weight excluding hydrogens is 436 g/mol. The van der Waals surface area contributed by atoms with Crippen molar-refractivity contribution in [3.05, 3.63) is 0 Å². The Kier molecular flexibility index (Phi) is 21.3. The minimum Gasteiger partial charge on any atom is -0.465 e. The molecule has 0 atom stereocenters. The van der Waals surface area contributed by atoms with Crippen LogP contribution in [0.1, 0.15) is 162 Å². The minimum absolute atomic E-state index is 0.0280. The van der Waals surface area contributed by atoms with E-state index >= 15 is 0 Å². The van der Waals surface area contributed by atoms with Crippen LogP contribution in [0.15, 0.2) is 0 Å². The number of ether oxygens (including phenoxy) is 2. The molecular formula is C31H58O4. The molecule has 0 amide bonds. The molecule has 0 aromatic carbocycles. The van der Waals surface area contributed by atoms with E-state index in [1.165, 1.54) is 96.3 Å². The molecule has 1 rings (SSSR count). The van der Waals surface area contributed by atoms with Gasteiger partial charge in [-0.2, -0.15) is 0 Å². The van der Waals surface area contributed by atoms with E-state index in [0.717, 1.165) is 51.4 Å². The molecule has 35 heavy (non-hydrogen) atoms. The molecule has 1 aliphatic carbocycles. The molecule has 0 radical (unpaired) electrons. The van der Waals surface area contributed by atoms with Gasteiger partial charge < -0.3 is 9.47 Å². The first-order chi connectivity index (χ1) is 17.2. The summed E-state index contributed by atoms with van der Waals surface area (Å²) in [5.74, 6) is -0.164. The van der Waals surface area contributed by atoms with E-state index in [9.17, 15) is 9.59 Å². The molecule has 0 aromatic heterocycles. The van der Waals surface area contributed by atoms with E-state index in [2.05, 4.69) is 13.8 Å². The fourth-order valence-corrected chi connectivity index (χ4v) is 5.15. The normalized spacial score (nSPS) is 17.9. The Labute approximate surface area is 217 Å². The van der Waals surface area contributed by atoms with Crippen LogP contribution in [-0.2, 0) is 19.1 Å². The lowest BCUT2D eigenvalue weighted by molar-refractivity contribution is -0.155. The highest BCUT2D eigenvalue weighted by Crippen LogP contribution is 2.30. The van der Waals surface area contributed by atoms with Crippen LogP contribution in [0.4, 0.5) is 0 Å². The SMILES string of the molecule is CCCCCCCCCCCCCOC(=O)C1CCC(C(=O)OCCCCCCCCCC)CC1. The molecule has 1 fully saturated rings. The van der Waals surface area contributed by atoms with E-state index in [-0.39, 0.29) is 23.8 Å². The maximum absolute atomic E-state index is 12.4. The van der Waals surface area contributed by atoms with E-state index in [1.54, 1.807) is 0 Å². The van der Waals surface area contributed by atoms with Crippen molar-refractivity contribution in [3.63, 3.8) is 0 Å². The maximum atomic E-state index is 12.4. The number of esters is 2. The Balaban J connectivity index is 1.93. The molecule has 0 heterocycles. The first kappa shape index (κ1) is 32.0. The van der Waals surface area contributed by atoms with Crippen LogP contribution < -0.4 is 0 Å². The van der Waals surface area contributed by atoms with Gasteiger partial charge in [-0.25, -0.2) is 0 Å². The van der Waals surface area contributed by atoms with Gasteiger partial charge in [0.2, 0.25) is 0 Å². The summed E-state index contributed by atoms with van der Waals surface area (Å²) in [6.07, 6.45) is 27.3. The zero-order valence-electron chi connectivity index (χ0n) is 23.5. The Morgan fingerprint density at radius 1 is 0.457 bits per heavy atom. The molecule has 0 spiro atoms. The van der Waals surface area contributed by atoms with E-state index in [4.69, 9.17) is 9.47 Å². The molecule has 0 bridgehead atoms. The van der Waals surface area contributed by atoms with Gasteiger partial charge in [-0.3, -0.25) is 9.59 Å². The first-order valence-electron chi connectivity index (χ1n) is 15.5. The first-order valence-corrected chi connectivity index (χ1v) is 15.5. The van der Waals surface area contributed by atoms with Crippen molar-refractivity contribution in [1.82, 2.24) is 0 Å². The highest BCUT2D eigenvalue weighted by Gasteiger charge is 2.31. The number of rotatable bonds is 23. The highest BCUT2D eigenvalue weighted by molar-refractivity contribution is 5.75. The topological polar surface area (TPSA) is 52.6 Å². The second-order valence-corrected chi connectivity index (χ2v) is 10.9. The van der Waals surface area contributed by atoms with Crippen molar-refractivity contribution < 1.29 is 19.1 Å². The Hall–Kier alpha value is -1.06. The third-order valence-corrected chi connectivity index (χ3v) is 7.63. The van der Waals surface area contributed by atoms with Gasteiger partial charge in [0.15, 0.2) is 0 Å². The average molecular weight is 495 g/mol. The van der Waals surface area contributed by atoms with E-state index in [1.807, 2.05) is 0 Å². The van der Waals surface area contributed by atoms with Crippen molar-refractivity contribution in [2.24, 2.45) is 11.8 Å². The number of carbonyl (C=O) groups excluding carboxylic acids is 2.